The fraction of sp³-hybridized carbons (Fsp3) is 0.409. The minimum Gasteiger partial charge on any atom is -0.490 e. The molecule has 1 aliphatic heterocycles. The topological polar surface area (TPSA) is 116 Å². The van der Waals surface area contributed by atoms with E-state index in [0.29, 0.717) is 24.2 Å². The summed E-state index contributed by atoms with van der Waals surface area (Å²) in [5.74, 6) is 0.233. The zero-order valence-electron chi connectivity index (χ0n) is 17.2. The van der Waals surface area contributed by atoms with Gasteiger partial charge in [0.25, 0.3) is 0 Å². The lowest BCUT2D eigenvalue weighted by Crippen LogP contribution is -2.40. The third-order valence-corrected chi connectivity index (χ3v) is 7.42. The molecule has 8 heteroatoms. The molecule has 162 valence electrons. The van der Waals surface area contributed by atoms with Crippen LogP contribution in [0.1, 0.15) is 45.3 Å². The summed E-state index contributed by atoms with van der Waals surface area (Å²) < 4.78 is 37.1. The van der Waals surface area contributed by atoms with Crippen LogP contribution < -0.4 is 10.5 Å². The second-order valence-corrected chi connectivity index (χ2v) is 10.1. The van der Waals surface area contributed by atoms with Crippen LogP contribution in [-0.2, 0) is 14.6 Å². The van der Waals surface area contributed by atoms with Crippen LogP contribution in [0.2, 0.25) is 0 Å². The maximum atomic E-state index is 12.9. The fourth-order valence-corrected chi connectivity index (χ4v) is 4.88. The normalized spacial score (nSPS) is 20.0. The van der Waals surface area contributed by atoms with Crippen LogP contribution in [0.5, 0.6) is 5.75 Å². The summed E-state index contributed by atoms with van der Waals surface area (Å²) in [5, 5.41) is 10.6. The first kappa shape index (κ1) is 22.1. The number of hydrogen-bond donors (Lipinski definition) is 2. The summed E-state index contributed by atoms with van der Waals surface area (Å²) in [4.78, 5) is 11.4. The van der Waals surface area contributed by atoms with Gasteiger partial charge in [0.05, 0.1) is 15.9 Å². The van der Waals surface area contributed by atoms with E-state index in [9.17, 15) is 18.3 Å². The van der Waals surface area contributed by atoms with Gasteiger partial charge < -0.3 is 20.3 Å². The minimum atomic E-state index is -3.70. The number of fused-ring (bicyclic) bond motifs is 1. The van der Waals surface area contributed by atoms with Gasteiger partial charge in [-0.05, 0) is 50.5 Å². The first-order valence-corrected chi connectivity index (χ1v) is 11.3. The molecule has 0 aliphatic carbocycles. The number of carbonyl (C=O) groups excluding carboxylic acids is 1. The van der Waals surface area contributed by atoms with Gasteiger partial charge in [-0.3, -0.25) is 0 Å². The average molecular weight is 434 g/mol. The van der Waals surface area contributed by atoms with Gasteiger partial charge in [0.1, 0.15) is 17.5 Å². The number of rotatable bonds is 6. The van der Waals surface area contributed by atoms with Crippen molar-refractivity contribution >= 4 is 15.9 Å². The number of aliphatic hydroxyl groups is 1. The van der Waals surface area contributed by atoms with Crippen molar-refractivity contribution in [3.8, 4) is 5.75 Å². The van der Waals surface area contributed by atoms with Crippen LogP contribution in [0.4, 0.5) is 4.79 Å². The summed E-state index contributed by atoms with van der Waals surface area (Å²) >= 11 is 0. The Morgan fingerprint density at radius 2 is 1.90 bits per heavy atom. The SMILES string of the molecule is CC(CC1CC(O)c2ccc(S(=O)(=O)c3ccccc3)cc2O1)C(C)(C)OC(N)=O. The Labute approximate surface area is 176 Å². The minimum absolute atomic E-state index is 0.103. The van der Waals surface area contributed by atoms with Crippen LogP contribution in [0, 0.1) is 5.92 Å². The molecule has 1 heterocycles. The first-order valence-electron chi connectivity index (χ1n) is 9.78. The zero-order valence-corrected chi connectivity index (χ0v) is 18.1. The van der Waals surface area contributed by atoms with E-state index in [0.717, 1.165) is 0 Å². The van der Waals surface area contributed by atoms with E-state index in [2.05, 4.69) is 0 Å². The van der Waals surface area contributed by atoms with E-state index in [-0.39, 0.29) is 21.8 Å². The van der Waals surface area contributed by atoms with Crippen molar-refractivity contribution in [3.05, 3.63) is 54.1 Å². The van der Waals surface area contributed by atoms with Gasteiger partial charge in [-0.15, -0.1) is 0 Å². The summed E-state index contributed by atoms with van der Waals surface area (Å²) in [5.41, 5.74) is 4.90. The highest BCUT2D eigenvalue weighted by atomic mass is 32.2. The fourth-order valence-electron chi connectivity index (χ4n) is 3.58. The molecular weight excluding hydrogens is 406 g/mol. The van der Waals surface area contributed by atoms with Gasteiger partial charge in [-0.2, -0.15) is 0 Å². The second-order valence-electron chi connectivity index (χ2n) is 8.17. The predicted molar refractivity (Wildman–Crippen MR) is 111 cm³/mol. The van der Waals surface area contributed by atoms with Gasteiger partial charge in [0.15, 0.2) is 0 Å². The number of carbonyl (C=O) groups is 1. The number of primary amides is 1. The van der Waals surface area contributed by atoms with Gasteiger partial charge >= 0.3 is 6.09 Å². The maximum Gasteiger partial charge on any atom is 0.405 e. The first-order chi connectivity index (χ1) is 14.0. The molecule has 0 spiro atoms. The van der Waals surface area contributed by atoms with E-state index in [1.54, 1.807) is 38.1 Å². The Morgan fingerprint density at radius 3 is 2.53 bits per heavy atom. The molecule has 1 aliphatic rings. The number of sulfone groups is 1. The second kappa shape index (κ2) is 8.28. The van der Waals surface area contributed by atoms with E-state index in [1.165, 1.54) is 24.3 Å². The largest absolute Gasteiger partial charge is 0.490 e. The van der Waals surface area contributed by atoms with E-state index >= 15 is 0 Å². The Balaban J connectivity index is 1.84. The van der Waals surface area contributed by atoms with Crippen molar-refractivity contribution in [2.75, 3.05) is 0 Å². The third-order valence-electron chi connectivity index (χ3n) is 5.65. The van der Waals surface area contributed by atoms with Crippen molar-refractivity contribution < 1.29 is 27.8 Å². The Hall–Kier alpha value is -2.58. The quantitative estimate of drug-likeness (QED) is 0.719. The highest BCUT2D eigenvalue weighted by Crippen LogP contribution is 2.40. The molecule has 3 atom stereocenters. The molecule has 0 saturated heterocycles. The number of ether oxygens (including phenoxy) is 2. The van der Waals surface area contributed by atoms with E-state index in [1.807, 2.05) is 6.92 Å². The van der Waals surface area contributed by atoms with Crippen LogP contribution >= 0.6 is 0 Å². The standard InChI is InChI=1S/C22H27NO6S/c1-14(22(2,3)29-21(23)25)11-15-12-19(24)18-10-9-17(13-20(18)28-15)30(26,27)16-7-5-4-6-8-16/h4-10,13-15,19,24H,11-12H2,1-3H3,(H2,23,25). The van der Waals surface area contributed by atoms with Crippen molar-refractivity contribution in [2.45, 2.75) is 61.2 Å². The lowest BCUT2D eigenvalue weighted by atomic mass is 9.85. The molecule has 2 aromatic rings. The van der Waals surface area contributed by atoms with Crippen molar-refractivity contribution in [1.29, 1.82) is 0 Å². The number of nitrogens with two attached hydrogens (primary N) is 1. The molecule has 0 aromatic heterocycles. The number of benzene rings is 2. The highest BCUT2D eigenvalue weighted by molar-refractivity contribution is 7.91. The Morgan fingerprint density at radius 1 is 1.23 bits per heavy atom. The van der Waals surface area contributed by atoms with Gasteiger partial charge in [0, 0.05) is 12.0 Å². The molecule has 2 aromatic carbocycles. The van der Waals surface area contributed by atoms with Crippen molar-refractivity contribution in [3.63, 3.8) is 0 Å². The number of aliphatic hydroxyl groups excluding tert-OH is 1. The van der Waals surface area contributed by atoms with Gasteiger partial charge in [-0.1, -0.05) is 31.2 Å². The average Bonchev–Trinajstić information content (AvgIpc) is 2.67. The lowest BCUT2D eigenvalue weighted by Gasteiger charge is -2.36. The summed E-state index contributed by atoms with van der Waals surface area (Å²) in [6.07, 6.45) is -1.15. The lowest BCUT2D eigenvalue weighted by molar-refractivity contribution is -0.0207. The molecule has 30 heavy (non-hydrogen) atoms. The van der Waals surface area contributed by atoms with Crippen LogP contribution in [-0.4, -0.2) is 31.3 Å². The van der Waals surface area contributed by atoms with E-state index < -0.39 is 27.6 Å². The smallest absolute Gasteiger partial charge is 0.405 e. The molecule has 3 N–H and O–H groups in total. The zero-order chi connectivity index (χ0) is 22.1. The molecule has 0 saturated carbocycles. The molecule has 0 fully saturated rings. The third kappa shape index (κ3) is 4.60. The maximum absolute atomic E-state index is 12.9. The van der Waals surface area contributed by atoms with Crippen molar-refractivity contribution in [1.82, 2.24) is 0 Å². The summed E-state index contributed by atoms with van der Waals surface area (Å²) in [7, 11) is -3.70. The Kier molecular flexibility index (Phi) is 6.10. The molecule has 3 rings (SSSR count). The van der Waals surface area contributed by atoms with E-state index in [4.69, 9.17) is 15.2 Å². The number of hydrogen-bond acceptors (Lipinski definition) is 6. The highest BCUT2D eigenvalue weighted by Gasteiger charge is 2.35. The molecular formula is C22H27NO6S. The van der Waals surface area contributed by atoms with Gasteiger partial charge in [-0.25, -0.2) is 13.2 Å². The summed E-state index contributed by atoms with van der Waals surface area (Å²) in [6.45, 7) is 5.44. The Bertz CT molecular complexity index is 1020. The molecule has 0 radical (unpaired) electrons. The van der Waals surface area contributed by atoms with Crippen LogP contribution in [0.3, 0.4) is 0 Å². The van der Waals surface area contributed by atoms with Crippen LogP contribution in [0.25, 0.3) is 0 Å². The molecule has 3 unspecified atom stereocenters. The summed E-state index contributed by atoms with van der Waals surface area (Å²) in [6, 6.07) is 12.7. The predicted octanol–water partition coefficient (Wildman–Crippen LogP) is 3.60. The number of amides is 1. The monoisotopic (exact) mass is 433 g/mol. The van der Waals surface area contributed by atoms with Crippen molar-refractivity contribution in [2.24, 2.45) is 11.7 Å². The molecule has 1 amide bonds. The molecule has 7 nitrogen and oxygen atoms in total. The van der Waals surface area contributed by atoms with Gasteiger partial charge in [0.2, 0.25) is 9.84 Å². The molecule has 0 bridgehead atoms. The van der Waals surface area contributed by atoms with Crippen LogP contribution in [0.15, 0.2) is 58.3 Å².